The summed E-state index contributed by atoms with van der Waals surface area (Å²) in [6.45, 7) is 4.56. The van der Waals surface area contributed by atoms with Gasteiger partial charge in [0.05, 0.1) is 0 Å². The summed E-state index contributed by atoms with van der Waals surface area (Å²) in [4.78, 5) is 13.5. The maximum absolute atomic E-state index is 11.6. The monoisotopic (exact) mass is 218 g/mol. The van der Waals surface area contributed by atoms with Gasteiger partial charge in [0, 0.05) is 19.6 Å². The minimum Gasteiger partial charge on any atom is -0.338 e. The third-order valence-electron chi connectivity index (χ3n) is 3.03. The Kier molecular flexibility index (Phi) is 3.44. The number of rotatable bonds is 3. The van der Waals surface area contributed by atoms with Crippen molar-refractivity contribution in [3.63, 3.8) is 0 Å². The standard InChI is InChI=1S/C13H18N2O/c1-2-11-6-3-4-7-12(11)10-15-9-5-8-14-13(15)16/h3-4,6-7H,2,5,8-10H2,1H3,(H,14,16). The van der Waals surface area contributed by atoms with Gasteiger partial charge in [0.25, 0.3) is 0 Å². The number of hydrogen-bond acceptors (Lipinski definition) is 1. The van der Waals surface area contributed by atoms with Crippen LogP contribution in [0.4, 0.5) is 4.79 Å². The molecule has 3 nitrogen and oxygen atoms in total. The molecule has 0 atom stereocenters. The van der Waals surface area contributed by atoms with Gasteiger partial charge in [0.1, 0.15) is 0 Å². The van der Waals surface area contributed by atoms with E-state index in [9.17, 15) is 4.79 Å². The van der Waals surface area contributed by atoms with Gasteiger partial charge in [-0.15, -0.1) is 0 Å². The van der Waals surface area contributed by atoms with Crippen LogP contribution in [0.1, 0.15) is 24.5 Å². The Morgan fingerprint density at radius 1 is 1.31 bits per heavy atom. The van der Waals surface area contributed by atoms with Gasteiger partial charge < -0.3 is 10.2 Å². The lowest BCUT2D eigenvalue weighted by Crippen LogP contribution is -2.45. The molecule has 1 heterocycles. The van der Waals surface area contributed by atoms with E-state index in [0.29, 0.717) is 0 Å². The molecule has 0 aliphatic carbocycles. The summed E-state index contributed by atoms with van der Waals surface area (Å²) in [5, 5.41) is 2.88. The zero-order valence-electron chi connectivity index (χ0n) is 9.70. The summed E-state index contributed by atoms with van der Waals surface area (Å²) in [5.41, 5.74) is 2.60. The molecule has 3 heteroatoms. The molecule has 2 rings (SSSR count). The van der Waals surface area contributed by atoms with E-state index in [2.05, 4.69) is 30.4 Å². The van der Waals surface area contributed by atoms with E-state index >= 15 is 0 Å². The third-order valence-corrected chi connectivity index (χ3v) is 3.03. The van der Waals surface area contributed by atoms with E-state index in [-0.39, 0.29) is 6.03 Å². The minimum absolute atomic E-state index is 0.0668. The Morgan fingerprint density at radius 2 is 2.06 bits per heavy atom. The van der Waals surface area contributed by atoms with Gasteiger partial charge in [-0.1, -0.05) is 31.2 Å². The highest BCUT2D eigenvalue weighted by atomic mass is 16.2. The molecule has 0 radical (unpaired) electrons. The van der Waals surface area contributed by atoms with Crippen LogP contribution < -0.4 is 5.32 Å². The van der Waals surface area contributed by atoms with Crippen LogP contribution in [0.3, 0.4) is 0 Å². The summed E-state index contributed by atoms with van der Waals surface area (Å²) in [5.74, 6) is 0. The van der Waals surface area contributed by atoms with Crippen LogP contribution in [-0.4, -0.2) is 24.0 Å². The maximum Gasteiger partial charge on any atom is 0.317 e. The molecule has 1 aliphatic heterocycles. The average molecular weight is 218 g/mol. The van der Waals surface area contributed by atoms with Crippen LogP contribution in [0.5, 0.6) is 0 Å². The van der Waals surface area contributed by atoms with Crippen LogP contribution in [0.25, 0.3) is 0 Å². The van der Waals surface area contributed by atoms with Crippen molar-refractivity contribution in [2.75, 3.05) is 13.1 Å². The summed E-state index contributed by atoms with van der Waals surface area (Å²) < 4.78 is 0. The molecule has 0 aromatic heterocycles. The molecule has 2 amide bonds. The first-order valence-electron chi connectivity index (χ1n) is 5.91. The number of benzene rings is 1. The predicted octanol–water partition coefficient (Wildman–Crippen LogP) is 2.16. The quantitative estimate of drug-likeness (QED) is 0.828. The smallest absolute Gasteiger partial charge is 0.317 e. The Bertz CT molecular complexity index is 376. The largest absolute Gasteiger partial charge is 0.338 e. The summed E-state index contributed by atoms with van der Waals surface area (Å²) in [7, 11) is 0. The van der Waals surface area contributed by atoms with Crippen molar-refractivity contribution in [1.29, 1.82) is 0 Å². The Balaban J connectivity index is 2.10. The Morgan fingerprint density at radius 3 is 2.75 bits per heavy atom. The van der Waals surface area contributed by atoms with Crippen molar-refractivity contribution in [1.82, 2.24) is 10.2 Å². The molecule has 0 unspecified atom stereocenters. The van der Waals surface area contributed by atoms with E-state index in [1.807, 2.05) is 11.0 Å². The van der Waals surface area contributed by atoms with Crippen molar-refractivity contribution >= 4 is 6.03 Å². The topological polar surface area (TPSA) is 32.3 Å². The third kappa shape index (κ3) is 2.35. The molecule has 1 aliphatic rings. The Labute approximate surface area is 96.5 Å². The highest BCUT2D eigenvalue weighted by molar-refractivity contribution is 5.74. The van der Waals surface area contributed by atoms with Crippen LogP contribution in [0.15, 0.2) is 24.3 Å². The van der Waals surface area contributed by atoms with Crippen molar-refractivity contribution < 1.29 is 4.79 Å². The summed E-state index contributed by atoms with van der Waals surface area (Å²) in [6.07, 6.45) is 2.06. The number of aryl methyl sites for hydroxylation is 1. The number of carbonyl (C=O) groups is 1. The fraction of sp³-hybridized carbons (Fsp3) is 0.462. The van der Waals surface area contributed by atoms with E-state index in [4.69, 9.17) is 0 Å². The second-order valence-corrected chi connectivity index (χ2v) is 4.13. The van der Waals surface area contributed by atoms with Gasteiger partial charge in [-0.05, 0) is 24.0 Å². The van der Waals surface area contributed by atoms with Crippen LogP contribution in [0.2, 0.25) is 0 Å². The number of nitrogens with one attached hydrogen (secondary N) is 1. The maximum atomic E-state index is 11.6. The fourth-order valence-electron chi connectivity index (χ4n) is 2.09. The van der Waals surface area contributed by atoms with E-state index in [1.165, 1.54) is 11.1 Å². The summed E-state index contributed by atoms with van der Waals surface area (Å²) in [6, 6.07) is 8.41. The predicted molar refractivity (Wildman–Crippen MR) is 64.2 cm³/mol. The van der Waals surface area contributed by atoms with Crippen LogP contribution in [-0.2, 0) is 13.0 Å². The highest BCUT2D eigenvalue weighted by Gasteiger charge is 2.17. The number of carbonyl (C=O) groups excluding carboxylic acids is 1. The molecule has 0 saturated carbocycles. The molecule has 1 aromatic carbocycles. The number of amides is 2. The van der Waals surface area contributed by atoms with Gasteiger partial charge in [0.15, 0.2) is 0 Å². The lowest BCUT2D eigenvalue weighted by molar-refractivity contribution is 0.183. The molecule has 0 spiro atoms. The molecule has 1 saturated heterocycles. The SMILES string of the molecule is CCc1ccccc1CN1CCCNC1=O. The van der Waals surface area contributed by atoms with E-state index in [1.54, 1.807) is 0 Å². The summed E-state index contributed by atoms with van der Waals surface area (Å²) >= 11 is 0. The number of nitrogens with zero attached hydrogens (tertiary/aromatic N) is 1. The molecule has 1 N–H and O–H groups in total. The second-order valence-electron chi connectivity index (χ2n) is 4.13. The Hall–Kier alpha value is -1.51. The van der Waals surface area contributed by atoms with Crippen molar-refractivity contribution in [3.8, 4) is 0 Å². The van der Waals surface area contributed by atoms with Crippen molar-refractivity contribution in [2.45, 2.75) is 26.3 Å². The molecule has 1 aromatic rings. The average Bonchev–Trinajstić information content (AvgIpc) is 2.33. The molecule has 16 heavy (non-hydrogen) atoms. The first kappa shape index (κ1) is 11.0. The van der Waals surface area contributed by atoms with Gasteiger partial charge in [-0.3, -0.25) is 0 Å². The molecular weight excluding hydrogens is 200 g/mol. The lowest BCUT2D eigenvalue weighted by Gasteiger charge is -2.28. The van der Waals surface area contributed by atoms with Gasteiger partial charge in [-0.25, -0.2) is 4.79 Å². The highest BCUT2D eigenvalue weighted by Crippen LogP contribution is 2.13. The van der Waals surface area contributed by atoms with Crippen LogP contribution >= 0.6 is 0 Å². The van der Waals surface area contributed by atoms with Crippen LogP contribution in [0, 0.1) is 0 Å². The second kappa shape index (κ2) is 5.01. The molecule has 1 fully saturated rings. The molecular formula is C13H18N2O. The zero-order valence-corrected chi connectivity index (χ0v) is 9.70. The van der Waals surface area contributed by atoms with E-state index < -0.39 is 0 Å². The van der Waals surface area contributed by atoms with Gasteiger partial charge >= 0.3 is 6.03 Å². The minimum atomic E-state index is 0.0668. The normalized spacial score (nSPS) is 16.1. The van der Waals surface area contributed by atoms with Crippen molar-refractivity contribution in [3.05, 3.63) is 35.4 Å². The molecule has 0 bridgehead atoms. The zero-order chi connectivity index (χ0) is 11.4. The van der Waals surface area contributed by atoms with Crippen molar-refractivity contribution in [2.24, 2.45) is 0 Å². The fourth-order valence-corrected chi connectivity index (χ4v) is 2.09. The van der Waals surface area contributed by atoms with E-state index in [0.717, 1.165) is 32.5 Å². The first-order chi connectivity index (χ1) is 7.81. The lowest BCUT2D eigenvalue weighted by atomic mass is 10.0. The van der Waals surface area contributed by atoms with Gasteiger partial charge in [-0.2, -0.15) is 0 Å². The number of hydrogen-bond donors (Lipinski definition) is 1. The first-order valence-corrected chi connectivity index (χ1v) is 5.91. The van der Waals surface area contributed by atoms with Gasteiger partial charge in [0.2, 0.25) is 0 Å². The molecule has 86 valence electrons. The number of urea groups is 1.